The number of nitrogens with one attached hydrogen (secondary N) is 4. The van der Waals surface area contributed by atoms with Crippen molar-refractivity contribution in [2.24, 2.45) is 10.2 Å². The Morgan fingerprint density at radius 1 is 0.528 bits per heavy atom. The molecule has 19 heteroatoms. The molecule has 0 saturated carbocycles. The first-order valence-electron chi connectivity index (χ1n) is 14.9. The van der Waals surface area contributed by atoms with Crippen LogP contribution in [0.25, 0.3) is 0 Å². The maximum Gasteiger partial charge on any atom is 0.340 e. The Labute approximate surface area is 305 Å². The van der Waals surface area contributed by atoms with Gasteiger partial charge in [0.05, 0.1) is 72.8 Å². The number of esters is 4. The van der Waals surface area contributed by atoms with Gasteiger partial charge in [0, 0.05) is 19.5 Å². The van der Waals surface area contributed by atoms with Gasteiger partial charge in [0.1, 0.15) is 0 Å². The van der Waals surface area contributed by atoms with E-state index in [1.807, 2.05) is 0 Å². The van der Waals surface area contributed by atoms with E-state index in [0.29, 0.717) is 0 Å². The van der Waals surface area contributed by atoms with Crippen LogP contribution in [0.2, 0.25) is 5.02 Å². The summed E-state index contributed by atoms with van der Waals surface area (Å²) >= 11 is 6.35. The maximum atomic E-state index is 13.1. The third-order valence-electron chi connectivity index (χ3n) is 6.84. The minimum absolute atomic E-state index is 0.0190. The average Bonchev–Trinajstić information content (AvgIpc) is 3.14. The van der Waals surface area contributed by atoms with Crippen LogP contribution < -0.4 is 21.5 Å². The van der Waals surface area contributed by atoms with E-state index in [2.05, 4.69) is 41.2 Å². The number of carbonyl (C=O) groups is 8. The Morgan fingerprint density at radius 2 is 0.943 bits per heavy atom. The normalized spacial score (nSPS) is 11.0. The second kappa shape index (κ2) is 18.3. The zero-order valence-electron chi connectivity index (χ0n) is 28.9. The summed E-state index contributed by atoms with van der Waals surface area (Å²) in [7, 11) is 4.57. The zero-order chi connectivity index (χ0) is 39.4. The summed E-state index contributed by atoms with van der Waals surface area (Å²) in [5.74, 6) is -6.66. The molecule has 0 aliphatic heterocycles. The molecule has 0 unspecified atom stereocenters. The lowest BCUT2D eigenvalue weighted by Gasteiger charge is -2.12. The number of ether oxygens (including phenoxy) is 4. The fraction of sp³-hybridized carbons (Fsp3) is 0.176. The molecule has 0 aliphatic carbocycles. The van der Waals surface area contributed by atoms with Crippen LogP contribution in [0, 0.1) is 0 Å². The average molecular weight is 751 g/mol. The molecule has 0 aliphatic rings. The van der Waals surface area contributed by atoms with E-state index in [1.54, 1.807) is 0 Å². The summed E-state index contributed by atoms with van der Waals surface area (Å²) in [6.07, 6.45) is 0. The van der Waals surface area contributed by atoms with Crippen LogP contribution >= 0.6 is 11.6 Å². The number of hydrogen-bond donors (Lipinski definition) is 4. The van der Waals surface area contributed by atoms with Gasteiger partial charge in [-0.15, -0.1) is 0 Å². The Bertz CT molecular complexity index is 2080. The quantitative estimate of drug-likeness (QED) is 0.0606. The van der Waals surface area contributed by atoms with Gasteiger partial charge < -0.3 is 29.6 Å². The van der Waals surface area contributed by atoms with Gasteiger partial charge in [0.25, 0.3) is 11.8 Å². The number of halogens is 1. The maximum absolute atomic E-state index is 13.1. The van der Waals surface area contributed by atoms with Crippen molar-refractivity contribution in [1.82, 2.24) is 0 Å². The summed E-state index contributed by atoms with van der Waals surface area (Å²) < 4.78 is 18.8. The molecule has 0 bridgehead atoms. The van der Waals surface area contributed by atoms with Crippen molar-refractivity contribution in [1.29, 1.82) is 0 Å². The molecule has 53 heavy (non-hydrogen) atoms. The highest BCUT2D eigenvalue weighted by Gasteiger charge is 2.23. The number of nitrogens with zero attached hydrogens (tertiary/aromatic N) is 2. The van der Waals surface area contributed by atoms with E-state index in [0.717, 1.165) is 42.3 Å². The largest absolute Gasteiger partial charge is 0.465 e. The molecule has 0 saturated heterocycles. The predicted molar refractivity (Wildman–Crippen MR) is 190 cm³/mol. The number of hydrazone groups is 2. The first kappa shape index (κ1) is 40.5. The van der Waals surface area contributed by atoms with Gasteiger partial charge in [-0.1, -0.05) is 11.6 Å². The van der Waals surface area contributed by atoms with Gasteiger partial charge in [-0.3, -0.25) is 30.0 Å². The van der Waals surface area contributed by atoms with Crippen molar-refractivity contribution >= 4 is 93.0 Å². The van der Waals surface area contributed by atoms with Crippen LogP contribution in [0.15, 0.2) is 64.8 Å². The summed E-state index contributed by atoms with van der Waals surface area (Å²) in [6, 6.07) is 11.4. The lowest BCUT2D eigenvalue weighted by Crippen LogP contribution is -2.30. The van der Waals surface area contributed by atoms with Crippen LogP contribution in [-0.2, 0) is 38.1 Å². The van der Waals surface area contributed by atoms with Gasteiger partial charge in [-0.2, -0.15) is 10.2 Å². The number of benzene rings is 3. The number of anilines is 4. The van der Waals surface area contributed by atoms with Gasteiger partial charge in [-0.25, -0.2) is 19.2 Å². The van der Waals surface area contributed by atoms with E-state index >= 15 is 0 Å². The van der Waals surface area contributed by atoms with E-state index in [1.165, 1.54) is 54.6 Å². The molecular formula is C34H31ClN6O12. The van der Waals surface area contributed by atoms with Gasteiger partial charge in [0.2, 0.25) is 0 Å². The molecule has 0 atom stereocenters. The molecule has 0 aromatic heterocycles. The SMILES string of the molecule is COC(=O)c1ccc(C(=O)OC)c(NN=C(C(C)=O)C(=O)Nc2ccc(NC(=O)C(=NNc3cc(C(=O)OC)ccc3C(=O)OC)C(C)=O)c(Cl)c2)c1. The number of carbonyl (C=O) groups excluding carboxylic acids is 8. The fourth-order valence-electron chi connectivity index (χ4n) is 4.22. The van der Waals surface area contributed by atoms with Crippen LogP contribution in [0.1, 0.15) is 55.3 Å². The molecule has 4 N–H and O–H groups in total. The van der Waals surface area contributed by atoms with Gasteiger partial charge in [0.15, 0.2) is 23.0 Å². The molecule has 0 radical (unpaired) electrons. The lowest BCUT2D eigenvalue weighted by atomic mass is 10.1. The summed E-state index contributed by atoms with van der Waals surface area (Å²) in [5, 5.41) is 12.4. The Balaban J connectivity index is 1.83. The van der Waals surface area contributed by atoms with Crippen LogP contribution in [0.5, 0.6) is 0 Å². The lowest BCUT2D eigenvalue weighted by molar-refractivity contribution is -0.116. The molecule has 3 aromatic rings. The van der Waals surface area contributed by atoms with Crippen LogP contribution in [-0.4, -0.2) is 87.1 Å². The first-order valence-corrected chi connectivity index (χ1v) is 15.3. The van der Waals surface area contributed by atoms with Crippen molar-refractivity contribution in [2.75, 3.05) is 49.9 Å². The smallest absolute Gasteiger partial charge is 0.340 e. The van der Waals surface area contributed by atoms with E-state index in [9.17, 15) is 38.4 Å². The molecule has 3 aromatic carbocycles. The highest BCUT2D eigenvalue weighted by atomic mass is 35.5. The second-order valence-corrected chi connectivity index (χ2v) is 10.8. The molecule has 0 heterocycles. The zero-order valence-corrected chi connectivity index (χ0v) is 29.6. The summed E-state index contributed by atoms with van der Waals surface area (Å²) in [4.78, 5) is 99.4. The van der Waals surface area contributed by atoms with Crippen molar-refractivity contribution < 1.29 is 57.3 Å². The fourth-order valence-corrected chi connectivity index (χ4v) is 4.44. The molecule has 2 amide bonds. The minimum Gasteiger partial charge on any atom is -0.465 e. The van der Waals surface area contributed by atoms with Crippen molar-refractivity contribution in [2.45, 2.75) is 13.8 Å². The van der Waals surface area contributed by atoms with E-state index < -0.39 is 58.7 Å². The standard InChI is InChI=1S/C34H31ClN6O12/c1-16(42)27(40-38-25-13-18(31(46)50-3)7-10-21(25)33(48)52-5)29(44)36-20-9-12-24(23(35)15-20)37-30(45)28(17(2)43)41-39-26-14-19(32(47)51-4)8-11-22(26)34(49)53-6/h7-15,38-39H,1-6H3,(H,36,44)(H,37,45). The number of ketones is 2. The van der Waals surface area contributed by atoms with Crippen molar-refractivity contribution in [3.8, 4) is 0 Å². The highest BCUT2D eigenvalue weighted by molar-refractivity contribution is 6.68. The number of hydrogen-bond acceptors (Lipinski definition) is 16. The molecule has 276 valence electrons. The second-order valence-electron chi connectivity index (χ2n) is 10.3. The number of methoxy groups -OCH3 is 4. The summed E-state index contributed by atoms with van der Waals surface area (Å²) in [5.41, 5.74) is 3.39. The number of rotatable bonds is 14. The molecular weight excluding hydrogens is 720 g/mol. The van der Waals surface area contributed by atoms with Gasteiger partial charge in [-0.05, 0) is 54.6 Å². The topological polar surface area (TPSA) is 246 Å². The minimum atomic E-state index is -1.02. The molecule has 0 fully saturated rings. The molecule has 0 spiro atoms. The highest BCUT2D eigenvalue weighted by Crippen LogP contribution is 2.26. The van der Waals surface area contributed by atoms with E-state index in [4.69, 9.17) is 21.1 Å². The third kappa shape index (κ3) is 10.3. The number of Topliss-reactive ketones (excluding diaryl/α,β-unsaturated/α-hetero) is 2. The van der Waals surface area contributed by atoms with Crippen LogP contribution in [0.4, 0.5) is 22.7 Å². The van der Waals surface area contributed by atoms with Crippen LogP contribution in [0.3, 0.4) is 0 Å². The summed E-state index contributed by atoms with van der Waals surface area (Å²) in [6.45, 7) is 2.12. The van der Waals surface area contributed by atoms with Gasteiger partial charge >= 0.3 is 23.9 Å². The molecule has 3 rings (SSSR count). The predicted octanol–water partition coefficient (Wildman–Crippen LogP) is 3.48. The third-order valence-corrected chi connectivity index (χ3v) is 7.15. The number of amides is 2. The van der Waals surface area contributed by atoms with E-state index in [-0.39, 0.29) is 50.0 Å². The van der Waals surface area contributed by atoms with Crippen molar-refractivity contribution in [3.05, 3.63) is 81.9 Å². The van der Waals surface area contributed by atoms with Crippen molar-refractivity contribution in [3.63, 3.8) is 0 Å². The molecule has 18 nitrogen and oxygen atoms in total. The first-order chi connectivity index (χ1) is 25.1. The monoisotopic (exact) mass is 750 g/mol. The Kier molecular flexibility index (Phi) is 14.0. The Morgan fingerprint density at radius 3 is 1.32 bits per heavy atom. The Hall–Kier alpha value is -6.95.